The fourth-order valence-corrected chi connectivity index (χ4v) is 2.83. The molecule has 0 radical (unpaired) electrons. The summed E-state index contributed by atoms with van der Waals surface area (Å²) >= 11 is 0. The Balaban J connectivity index is 1.98. The van der Waals surface area contributed by atoms with E-state index >= 15 is 0 Å². The molecule has 0 aliphatic carbocycles. The van der Waals surface area contributed by atoms with E-state index in [1.54, 1.807) is 0 Å². The van der Waals surface area contributed by atoms with Gasteiger partial charge in [-0.3, -0.25) is 4.79 Å². The van der Waals surface area contributed by atoms with Gasteiger partial charge in [-0.2, -0.15) is 0 Å². The first-order valence-electron chi connectivity index (χ1n) is 9.06. The number of amides is 1. The SMILES string of the molecule is CCOc1ccc(C(C)NC(=O)CCc2c(C)noc2C)cc1OCC. The van der Waals surface area contributed by atoms with Crippen molar-refractivity contribution in [1.82, 2.24) is 10.5 Å². The Morgan fingerprint density at radius 3 is 2.50 bits per heavy atom. The largest absolute Gasteiger partial charge is 0.490 e. The van der Waals surface area contributed by atoms with Crippen molar-refractivity contribution in [1.29, 1.82) is 0 Å². The van der Waals surface area contributed by atoms with Gasteiger partial charge in [0.25, 0.3) is 0 Å². The maximum absolute atomic E-state index is 12.3. The van der Waals surface area contributed by atoms with Gasteiger partial charge in [-0.05, 0) is 58.7 Å². The number of benzene rings is 1. The van der Waals surface area contributed by atoms with Crippen molar-refractivity contribution in [3.05, 3.63) is 40.8 Å². The van der Waals surface area contributed by atoms with Crippen LogP contribution in [0.5, 0.6) is 11.5 Å². The molecule has 142 valence electrons. The van der Waals surface area contributed by atoms with Gasteiger partial charge in [-0.15, -0.1) is 0 Å². The minimum Gasteiger partial charge on any atom is -0.490 e. The van der Waals surface area contributed by atoms with Gasteiger partial charge in [-0.1, -0.05) is 11.2 Å². The molecule has 1 atom stereocenters. The lowest BCUT2D eigenvalue weighted by molar-refractivity contribution is -0.121. The highest BCUT2D eigenvalue weighted by Gasteiger charge is 2.15. The van der Waals surface area contributed by atoms with Crippen LogP contribution in [0.2, 0.25) is 0 Å². The molecule has 6 nitrogen and oxygen atoms in total. The Hall–Kier alpha value is -2.50. The first-order valence-corrected chi connectivity index (χ1v) is 9.06. The summed E-state index contributed by atoms with van der Waals surface area (Å²) in [4.78, 5) is 12.3. The molecule has 0 bridgehead atoms. The smallest absolute Gasteiger partial charge is 0.220 e. The second-order valence-electron chi connectivity index (χ2n) is 6.16. The molecule has 6 heteroatoms. The van der Waals surface area contributed by atoms with Crippen molar-refractivity contribution < 1.29 is 18.8 Å². The molecule has 1 amide bonds. The van der Waals surface area contributed by atoms with Crippen molar-refractivity contribution in [3.63, 3.8) is 0 Å². The van der Waals surface area contributed by atoms with E-state index in [0.29, 0.717) is 31.8 Å². The quantitative estimate of drug-likeness (QED) is 0.734. The van der Waals surface area contributed by atoms with Gasteiger partial charge >= 0.3 is 0 Å². The Morgan fingerprint density at radius 2 is 1.88 bits per heavy atom. The Kier molecular flexibility index (Phi) is 7.06. The van der Waals surface area contributed by atoms with Gasteiger partial charge in [-0.25, -0.2) is 0 Å². The Morgan fingerprint density at radius 1 is 1.19 bits per heavy atom. The summed E-state index contributed by atoms with van der Waals surface area (Å²) in [7, 11) is 0. The van der Waals surface area contributed by atoms with Crippen LogP contribution in [0.15, 0.2) is 22.7 Å². The molecule has 0 saturated heterocycles. The molecule has 0 aliphatic heterocycles. The van der Waals surface area contributed by atoms with Crippen molar-refractivity contribution in [2.45, 2.75) is 53.5 Å². The van der Waals surface area contributed by atoms with E-state index in [1.807, 2.05) is 52.8 Å². The highest BCUT2D eigenvalue weighted by atomic mass is 16.5. The third kappa shape index (κ3) is 5.00. The molecule has 1 N–H and O–H groups in total. The zero-order valence-electron chi connectivity index (χ0n) is 16.2. The molecule has 1 aromatic heterocycles. The summed E-state index contributed by atoms with van der Waals surface area (Å²) in [5, 5.41) is 6.95. The summed E-state index contributed by atoms with van der Waals surface area (Å²) < 4.78 is 16.4. The minimum absolute atomic E-state index is 0.00987. The molecule has 1 aromatic carbocycles. The van der Waals surface area contributed by atoms with Crippen LogP contribution in [0.3, 0.4) is 0 Å². The second kappa shape index (κ2) is 9.27. The number of rotatable bonds is 9. The third-order valence-electron chi connectivity index (χ3n) is 4.23. The van der Waals surface area contributed by atoms with E-state index in [2.05, 4.69) is 10.5 Å². The van der Waals surface area contributed by atoms with E-state index in [0.717, 1.165) is 28.3 Å². The number of ether oxygens (including phenoxy) is 2. The Labute approximate surface area is 154 Å². The monoisotopic (exact) mass is 360 g/mol. The molecule has 0 spiro atoms. The number of hydrogen-bond acceptors (Lipinski definition) is 5. The molecule has 2 rings (SSSR count). The standard InChI is InChI=1S/C20H28N2O4/c1-6-24-18-10-8-16(12-19(18)25-7-2)13(3)21-20(23)11-9-17-14(4)22-26-15(17)5/h8,10,12-13H,6-7,9,11H2,1-5H3,(H,21,23). The predicted octanol–water partition coefficient (Wildman–Crippen LogP) is 3.90. The summed E-state index contributed by atoms with van der Waals surface area (Å²) in [6.45, 7) is 10.7. The summed E-state index contributed by atoms with van der Waals surface area (Å²) in [5.41, 5.74) is 2.83. The minimum atomic E-state index is -0.123. The van der Waals surface area contributed by atoms with E-state index in [1.165, 1.54) is 0 Å². The number of carbonyl (C=O) groups excluding carboxylic acids is 1. The number of carbonyl (C=O) groups is 1. The van der Waals surface area contributed by atoms with Gasteiger partial charge in [0, 0.05) is 12.0 Å². The average Bonchev–Trinajstić information content (AvgIpc) is 2.93. The zero-order valence-corrected chi connectivity index (χ0v) is 16.2. The third-order valence-corrected chi connectivity index (χ3v) is 4.23. The van der Waals surface area contributed by atoms with Gasteiger partial charge in [0.15, 0.2) is 11.5 Å². The first kappa shape index (κ1) is 19.8. The Bertz CT molecular complexity index is 720. The summed E-state index contributed by atoms with van der Waals surface area (Å²) in [6.07, 6.45) is 1.01. The van der Waals surface area contributed by atoms with E-state index in [4.69, 9.17) is 14.0 Å². The highest BCUT2D eigenvalue weighted by Crippen LogP contribution is 2.30. The number of nitrogens with zero attached hydrogens (tertiary/aromatic N) is 1. The molecule has 1 heterocycles. The van der Waals surface area contributed by atoms with Crippen LogP contribution in [0.4, 0.5) is 0 Å². The molecular weight excluding hydrogens is 332 g/mol. The highest BCUT2D eigenvalue weighted by molar-refractivity contribution is 5.76. The average molecular weight is 360 g/mol. The predicted molar refractivity (Wildman–Crippen MR) is 99.6 cm³/mol. The number of nitrogens with one attached hydrogen (secondary N) is 1. The fourth-order valence-electron chi connectivity index (χ4n) is 2.83. The van der Waals surface area contributed by atoms with Crippen LogP contribution >= 0.6 is 0 Å². The fraction of sp³-hybridized carbons (Fsp3) is 0.500. The molecule has 0 saturated carbocycles. The zero-order chi connectivity index (χ0) is 19.1. The van der Waals surface area contributed by atoms with Crippen molar-refractivity contribution >= 4 is 5.91 Å². The van der Waals surface area contributed by atoms with Crippen molar-refractivity contribution in [2.75, 3.05) is 13.2 Å². The molecule has 0 aliphatic rings. The van der Waals surface area contributed by atoms with Crippen LogP contribution in [-0.2, 0) is 11.2 Å². The van der Waals surface area contributed by atoms with Gasteiger partial charge in [0.2, 0.25) is 5.91 Å². The lowest BCUT2D eigenvalue weighted by Crippen LogP contribution is -2.27. The van der Waals surface area contributed by atoms with Crippen LogP contribution in [0.1, 0.15) is 55.8 Å². The van der Waals surface area contributed by atoms with Gasteiger partial charge in [0.05, 0.1) is 24.9 Å². The van der Waals surface area contributed by atoms with Crippen molar-refractivity contribution in [3.8, 4) is 11.5 Å². The molecule has 0 fully saturated rings. The first-order chi connectivity index (χ1) is 12.5. The molecule has 1 unspecified atom stereocenters. The second-order valence-corrected chi connectivity index (χ2v) is 6.16. The normalized spacial score (nSPS) is 11.9. The van der Waals surface area contributed by atoms with Crippen LogP contribution in [0.25, 0.3) is 0 Å². The number of aryl methyl sites for hydroxylation is 2. The number of hydrogen-bond donors (Lipinski definition) is 1. The van der Waals surface area contributed by atoms with Crippen LogP contribution in [-0.4, -0.2) is 24.3 Å². The van der Waals surface area contributed by atoms with Gasteiger partial charge in [0.1, 0.15) is 5.76 Å². The molecular formula is C20H28N2O4. The topological polar surface area (TPSA) is 73.6 Å². The summed E-state index contributed by atoms with van der Waals surface area (Å²) in [5.74, 6) is 2.18. The van der Waals surface area contributed by atoms with E-state index < -0.39 is 0 Å². The number of aromatic nitrogens is 1. The van der Waals surface area contributed by atoms with Crippen molar-refractivity contribution in [2.24, 2.45) is 0 Å². The maximum Gasteiger partial charge on any atom is 0.220 e. The summed E-state index contributed by atoms with van der Waals surface area (Å²) in [6, 6.07) is 5.64. The van der Waals surface area contributed by atoms with E-state index in [9.17, 15) is 4.79 Å². The maximum atomic E-state index is 12.3. The van der Waals surface area contributed by atoms with E-state index in [-0.39, 0.29) is 11.9 Å². The van der Waals surface area contributed by atoms with Crippen LogP contribution < -0.4 is 14.8 Å². The van der Waals surface area contributed by atoms with Crippen LogP contribution in [0, 0.1) is 13.8 Å². The lowest BCUT2D eigenvalue weighted by atomic mass is 10.1. The van der Waals surface area contributed by atoms with Gasteiger partial charge < -0.3 is 19.3 Å². The molecule has 2 aromatic rings. The molecule has 26 heavy (non-hydrogen) atoms. The lowest BCUT2D eigenvalue weighted by Gasteiger charge is -2.17.